The minimum atomic E-state index is -0.240. The molecule has 0 saturated carbocycles. The highest BCUT2D eigenvalue weighted by atomic mass is 16.5. The monoisotopic (exact) mass is 203 g/mol. The Morgan fingerprint density at radius 3 is 2.43 bits per heavy atom. The van der Waals surface area contributed by atoms with E-state index in [1.165, 1.54) is 0 Å². The SMILES string of the molecule is CCC(CC)N(CCOC)C(=O)NN. The van der Waals surface area contributed by atoms with Crippen molar-refractivity contribution < 1.29 is 9.53 Å². The predicted octanol–water partition coefficient (Wildman–Crippen LogP) is 0.707. The molecule has 0 aliphatic heterocycles. The Kier molecular flexibility index (Phi) is 7.14. The third kappa shape index (κ3) is 3.93. The molecule has 0 saturated heterocycles. The van der Waals surface area contributed by atoms with Crippen molar-refractivity contribution in [3.63, 3.8) is 0 Å². The molecule has 14 heavy (non-hydrogen) atoms. The molecule has 0 atom stereocenters. The van der Waals surface area contributed by atoms with Crippen molar-refractivity contribution in [2.75, 3.05) is 20.3 Å². The highest BCUT2D eigenvalue weighted by Crippen LogP contribution is 2.08. The van der Waals surface area contributed by atoms with Crippen molar-refractivity contribution >= 4 is 6.03 Å². The molecule has 0 radical (unpaired) electrons. The van der Waals surface area contributed by atoms with Gasteiger partial charge in [0.15, 0.2) is 0 Å². The maximum atomic E-state index is 11.4. The van der Waals surface area contributed by atoms with Crippen LogP contribution in [0.4, 0.5) is 4.79 Å². The van der Waals surface area contributed by atoms with Crippen molar-refractivity contribution in [2.24, 2.45) is 5.84 Å². The van der Waals surface area contributed by atoms with E-state index in [1.54, 1.807) is 12.0 Å². The van der Waals surface area contributed by atoms with Gasteiger partial charge in [0.05, 0.1) is 6.61 Å². The molecule has 0 aromatic rings. The van der Waals surface area contributed by atoms with Gasteiger partial charge in [-0.05, 0) is 12.8 Å². The molecule has 84 valence electrons. The first kappa shape index (κ1) is 13.2. The maximum Gasteiger partial charge on any atom is 0.331 e. The normalized spacial score (nSPS) is 10.4. The fourth-order valence-electron chi connectivity index (χ4n) is 1.45. The van der Waals surface area contributed by atoms with Gasteiger partial charge in [0.25, 0.3) is 0 Å². The summed E-state index contributed by atoms with van der Waals surface area (Å²) in [6.07, 6.45) is 1.85. The van der Waals surface area contributed by atoms with Crippen LogP contribution in [0.25, 0.3) is 0 Å². The van der Waals surface area contributed by atoms with Gasteiger partial charge >= 0.3 is 6.03 Å². The average Bonchev–Trinajstić information content (AvgIpc) is 2.23. The number of carbonyl (C=O) groups excluding carboxylic acids is 1. The van der Waals surface area contributed by atoms with Gasteiger partial charge in [-0.1, -0.05) is 13.8 Å². The van der Waals surface area contributed by atoms with Crippen LogP contribution in [0.1, 0.15) is 26.7 Å². The topological polar surface area (TPSA) is 67.6 Å². The molecule has 0 aliphatic carbocycles. The second kappa shape index (κ2) is 7.58. The molecular formula is C9H21N3O2. The van der Waals surface area contributed by atoms with Crippen LogP contribution in [0.15, 0.2) is 0 Å². The van der Waals surface area contributed by atoms with Crippen LogP contribution in [-0.2, 0) is 4.74 Å². The maximum absolute atomic E-state index is 11.4. The number of rotatable bonds is 6. The number of methoxy groups -OCH3 is 1. The highest BCUT2D eigenvalue weighted by molar-refractivity contribution is 5.73. The van der Waals surface area contributed by atoms with E-state index in [2.05, 4.69) is 19.3 Å². The smallest absolute Gasteiger partial charge is 0.331 e. The van der Waals surface area contributed by atoms with Crippen molar-refractivity contribution in [1.82, 2.24) is 10.3 Å². The summed E-state index contributed by atoms with van der Waals surface area (Å²) >= 11 is 0. The third-order valence-electron chi connectivity index (χ3n) is 2.30. The second-order valence-corrected chi connectivity index (χ2v) is 3.11. The Labute approximate surface area is 85.6 Å². The standard InChI is InChI=1S/C9H21N3O2/c1-4-8(5-2)12(6-7-14-3)9(13)11-10/h8H,4-7,10H2,1-3H3,(H,11,13). The Morgan fingerprint density at radius 1 is 1.50 bits per heavy atom. The number of urea groups is 1. The molecule has 0 aromatic heterocycles. The molecular weight excluding hydrogens is 182 g/mol. The molecule has 0 bridgehead atoms. The van der Waals surface area contributed by atoms with Gasteiger partial charge in [0.2, 0.25) is 0 Å². The number of amides is 2. The zero-order valence-corrected chi connectivity index (χ0v) is 9.25. The van der Waals surface area contributed by atoms with E-state index in [0.717, 1.165) is 12.8 Å². The Balaban J connectivity index is 4.27. The molecule has 0 fully saturated rings. The number of hydrazine groups is 1. The summed E-state index contributed by atoms with van der Waals surface area (Å²) in [5.41, 5.74) is 2.15. The molecule has 0 heterocycles. The Morgan fingerprint density at radius 2 is 2.07 bits per heavy atom. The number of carbonyl (C=O) groups is 1. The first-order chi connectivity index (χ1) is 6.71. The fraction of sp³-hybridized carbons (Fsp3) is 0.889. The summed E-state index contributed by atoms with van der Waals surface area (Å²) in [7, 11) is 1.62. The molecule has 3 N–H and O–H groups in total. The number of nitrogens with two attached hydrogens (primary N) is 1. The van der Waals surface area contributed by atoms with E-state index < -0.39 is 0 Å². The van der Waals surface area contributed by atoms with E-state index in [-0.39, 0.29) is 12.1 Å². The highest BCUT2D eigenvalue weighted by Gasteiger charge is 2.19. The van der Waals surface area contributed by atoms with Crippen molar-refractivity contribution in [1.29, 1.82) is 0 Å². The van der Waals surface area contributed by atoms with Gasteiger partial charge in [-0.2, -0.15) is 0 Å². The van der Waals surface area contributed by atoms with E-state index in [9.17, 15) is 4.79 Å². The summed E-state index contributed by atoms with van der Waals surface area (Å²) in [6.45, 7) is 5.21. The predicted molar refractivity (Wildman–Crippen MR) is 55.7 cm³/mol. The summed E-state index contributed by atoms with van der Waals surface area (Å²) in [5.74, 6) is 5.11. The van der Waals surface area contributed by atoms with Gasteiger partial charge in [-0.25, -0.2) is 10.6 Å². The lowest BCUT2D eigenvalue weighted by Gasteiger charge is -2.29. The summed E-state index contributed by atoms with van der Waals surface area (Å²) in [6, 6.07) is -0.00977. The summed E-state index contributed by atoms with van der Waals surface area (Å²) in [5, 5.41) is 0. The second-order valence-electron chi connectivity index (χ2n) is 3.11. The lowest BCUT2D eigenvalue weighted by molar-refractivity contribution is 0.126. The summed E-state index contributed by atoms with van der Waals surface area (Å²) in [4.78, 5) is 13.1. The molecule has 0 aromatic carbocycles. The molecule has 2 amide bonds. The zero-order valence-electron chi connectivity index (χ0n) is 9.25. The van der Waals surface area contributed by atoms with Crippen LogP contribution >= 0.6 is 0 Å². The first-order valence-corrected chi connectivity index (χ1v) is 4.97. The largest absolute Gasteiger partial charge is 0.383 e. The van der Waals surface area contributed by atoms with Crippen LogP contribution in [0.5, 0.6) is 0 Å². The zero-order chi connectivity index (χ0) is 11.0. The van der Waals surface area contributed by atoms with E-state index in [0.29, 0.717) is 13.2 Å². The number of ether oxygens (including phenoxy) is 1. The van der Waals surface area contributed by atoms with Crippen LogP contribution in [-0.4, -0.2) is 37.2 Å². The minimum absolute atomic E-state index is 0.230. The van der Waals surface area contributed by atoms with Crippen molar-refractivity contribution in [3.8, 4) is 0 Å². The van der Waals surface area contributed by atoms with Crippen LogP contribution in [0, 0.1) is 0 Å². The van der Waals surface area contributed by atoms with Crippen LogP contribution in [0.2, 0.25) is 0 Å². The number of hydrogen-bond donors (Lipinski definition) is 2. The van der Waals surface area contributed by atoms with Gasteiger partial charge in [-0.3, -0.25) is 5.43 Å². The van der Waals surface area contributed by atoms with E-state index in [4.69, 9.17) is 10.6 Å². The van der Waals surface area contributed by atoms with Gasteiger partial charge < -0.3 is 9.64 Å². The lowest BCUT2D eigenvalue weighted by Crippen LogP contribution is -2.49. The fourth-order valence-corrected chi connectivity index (χ4v) is 1.45. The van der Waals surface area contributed by atoms with Gasteiger partial charge in [-0.15, -0.1) is 0 Å². The summed E-state index contributed by atoms with van der Waals surface area (Å²) < 4.78 is 4.94. The Bertz CT molecular complexity index is 160. The molecule has 5 heteroatoms. The molecule has 0 rings (SSSR count). The molecule has 0 unspecified atom stereocenters. The first-order valence-electron chi connectivity index (χ1n) is 4.97. The van der Waals surface area contributed by atoms with Gasteiger partial charge in [0.1, 0.15) is 0 Å². The number of hydrogen-bond acceptors (Lipinski definition) is 3. The van der Waals surface area contributed by atoms with E-state index in [1.807, 2.05) is 0 Å². The van der Waals surface area contributed by atoms with Gasteiger partial charge in [0, 0.05) is 19.7 Å². The Hall–Kier alpha value is -0.810. The third-order valence-corrected chi connectivity index (χ3v) is 2.30. The average molecular weight is 203 g/mol. The lowest BCUT2D eigenvalue weighted by atomic mass is 10.1. The molecule has 5 nitrogen and oxygen atoms in total. The van der Waals surface area contributed by atoms with E-state index >= 15 is 0 Å². The quantitative estimate of drug-likeness (QED) is 0.379. The van der Waals surface area contributed by atoms with Crippen LogP contribution < -0.4 is 11.3 Å². The number of nitrogens with zero attached hydrogens (tertiary/aromatic N) is 1. The van der Waals surface area contributed by atoms with Crippen LogP contribution in [0.3, 0.4) is 0 Å². The molecule has 0 spiro atoms. The molecule has 0 aliphatic rings. The number of nitrogens with one attached hydrogen (secondary N) is 1. The van der Waals surface area contributed by atoms with Crippen molar-refractivity contribution in [3.05, 3.63) is 0 Å². The van der Waals surface area contributed by atoms with Crippen molar-refractivity contribution in [2.45, 2.75) is 32.7 Å². The minimum Gasteiger partial charge on any atom is -0.383 e.